The van der Waals surface area contributed by atoms with Gasteiger partial charge in [0.1, 0.15) is 0 Å². The highest BCUT2D eigenvalue weighted by atomic mass is 16.5. The zero-order valence-corrected chi connectivity index (χ0v) is 12.2. The number of aromatic nitrogens is 2. The maximum atomic E-state index is 9.27. The van der Waals surface area contributed by atoms with Gasteiger partial charge in [0.05, 0.1) is 12.6 Å². The number of benzene rings is 1. The van der Waals surface area contributed by atoms with E-state index in [-0.39, 0.29) is 6.10 Å². The highest BCUT2D eigenvalue weighted by Gasteiger charge is 2.11. The van der Waals surface area contributed by atoms with Gasteiger partial charge in [0.25, 0.3) is 5.89 Å². The van der Waals surface area contributed by atoms with Gasteiger partial charge >= 0.3 is 0 Å². The Morgan fingerprint density at radius 1 is 1.40 bits per heavy atom. The summed E-state index contributed by atoms with van der Waals surface area (Å²) in [5.41, 5.74) is 2.10. The lowest BCUT2D eigenvalue weighted by Gasteiger charge is -2.14. The quantitative estimate of drug-likeness (QED) is 0.876. The molecule has 0 aliphatic heterocycles. The summed E-state index contributed by atoms with van der Waals surface area (Å²) < 4.78 is 5.30. The van der Waals surface area contributed by atoms with Crippen molar-refractivity contribution in [1.29, 1.82) is 0 Å². The van der Waals surface area contributed by atoms with Crippen molar-refractivity contribution in [2.24, 2.45) is 0 Å². The maximum Gasteiger partial charge on any atom is 0.257 e. The van der Waals surface area contributed by atoms with E-state index < -0.39 is 0 Å². The second-order valence-corrected chi connectivity index (χ2v) is 5.26. The molecule has 1 aromatic heterocycles. The number of hydrogen-bond donors (Lipinski definition) is 1. The Morgan fingerprint density at radius 2 is 2.20 bits per heavy atom. The Morgan fingerprint density at radius 3 is 2.90 bits per heavy atom. The Bertz CT molecular complexity index is 552. The second kappa shape index (κ2) is 6.63. The maximum absolute atomic E-state index is 9.27. The second-order valence-electron chi connectivity index (χ2n) is 5.26. The third-order valence-corrected chi connectivity index (χ3v) is 3.07. The van der Waals surface area contributed by atoms with E-state index in [9.17, 15) is 5.11 Å². The van der Waals surface area contributed by atoms with E-state index >= 15 is 0 Å². The Hall–Kier alpha value is -1.72. The molecule has 5 heteroatoms. The first-order valence-electron chi connectivity index (χ1n) is 6.81. The van der Waals surface area contributed by atoms with Crippen molar-refractivity contribution in [2.45, 2.75) is 32.9 Å². The summed E-state index contributed by atoms with van der Waals surface area (Å²) in [5.74, 6) is 1.21. The van der Waals surface area contributed by atoms with Gasteiger partial charge in [0, 0.05) is 12.1 Å². The van der Waals surface area contributed by atoms with Crippen molar-refractivity contribution < 1.29 is 9.63 Å². The number of hydrogen-bond acceptors (Lipinski definition) is 5. The largest absolute Gasteiger partial charge is 0.393 e. The van der Waals surface area contributed by atoms with Gasteiger partial charge in [0.15, 0.2) is 5.82 Å². The first kappa shape index (κ1) is 14.7. The van der Waals surface area contributed by atoms with Crippen LogP contribution in [0, 0.1) is 6.92 Å². The molecular weight excluding hydrogens is 254 g/mol. The third kappa shape index (κ3) is 4.15. The lowest BCUT2D eigenvalue weighted by Crippen LogP contribution is -2.22. The van der Waals surface area contributed by atoms with Crippen LogP contribution in [0.4, 0.5) is 0 Å². The molecule has 0 radical (unpaired) electrons. The molecule has 5 nitrogen and oxygen atoms in total. The summed E-state index contributed by atoms with van der Waals surface area (Å²) in [5, 5.41) is 13.3. The van der Waals surface area contributed by atoms with Gasteiger partial charge in [-0.2, -0.15) is 4.98 Å². The van der Waals surface area contributed by atoms with Crippen LogP contribution in [-0.2, 0) is 6.54 Å². The van der Waals surface area contributed by atoms with E-state index in [1.165, 1.54) is 0 Å². The number of aliphatic hydroxyl groups excluding tert-OH is 1. The van der Waals surface area contributed by atoms with Gasteiger partial charge < -0.3 is 9.63 Å². The molecule has 1 heterocycles. The summed E-state index contributed by atoms with van der Waals surface area (Å²) in [6, 6.07) is 7.99. The van der Waals surface area contributed by atoms with E-state index in [2.05, 4.69) is 15.0 Å². The molecule has 1 N–H and O–H groups in total. The lowest BCUT2D eigenvalue weighted by molar-refractivity contribution is 0.161. The van der Waals surface area contributed by atoms with Crippen molar-refractivity contribution in [3.8, 4) is 11.5 Å². The molecular formula is C15H21N3O2. The summed E-state index contributed by atoms with van der Waals surface area (Å²) in [6.45, 7) is 5.23. The predicted molar refractivity (Wildman–Crippen MR) is 77.1 cm³/mol. The highest BCUT2D eigenvalue weighted by Crippen LogP contribution is 2.18. The molecule has 2 aromatic rings. The third-order valence-electron chi connectivity index (χ3n) is 3.07. The minimum atomic E-state index is -0.287. The molecule has 2 rings (SSSR count). The van der Waals surface area contributed by atoms with Crippen LogP contribution >= 0.6 is 0 Å². The van der Waals surface area contributed by atoms with Crippen molar-refractivity contribution in [2.75, 3.05) is 13.6 Å². The average molecular weight is 275 g/mol. The molecule has 20 heavy (non-hydrogen) atoms. The SMILES string of the molecule is Cc1cccc(-c2nc(CN(C)CCC(C)O)no2)c1. The molecule has 0 fully saturated rings. The van der Waals surface area contributed by atoms with Gasteiger partial charge in [-0.15, -0.1) is 0 Å². The summed E-state index contributed by atoms with van der Waals surface area (Å²) in [4.78, 5) is 6.47. The van der Waals surface area contributed by atoms with Gasteiger partial charge in [-0.25, -0.2) is 0 Å². The Labute approximate surface area is 119 Å². The molecule has 1 atom stereocenters. The van der Waals surface area contributed by atoms with Crippen LogP contribution in [0.15, 0.2) is 28.8 Å². The molecule has 1 aromatic carbocycles. The molecule has 1 unspecified atom stereocenters. The summed E-state index contributed by atoms with van der Waals surface area (Å²) in [7, 11) is 1.98. The lowest BCUT2D eigenvalue weighted by atomic mass is 10.1. The average Bonchev–Trinajstić information content (AvgIpc) is 2.85. The van der Waals surface area contributed by atoms with Gasteiger partial charge in [-0.1, -0.05) is 22.9 Å². The topological polar surface area (TPSA) is 62.4 Å². The number of aryl methyl sites for hydroxylation is 1. The molecule has 108 valence electrons. The fraction of sp³-hybridized carbons (Fsp3) is 0.467. The fourth-order valence-corrected chi connectivity index (χ4v) is 1.94. The molecule has 0 bridgehead atoms. The van der Waals surface area contributed by atoms with Crippen molar-refractivity contribution in [3.63, 3.8) is 0 Å². The monoisotopic (exact) mass is 275 g/mol. The van der Waals surface area contributed by atoms with Crippen molar-refractivity contribution in [3.05, 3.63) is 35.7 Å². The first-order valence-corrected chi connectivity index (χ1v) is 6.81. The number of rotatable bonds is 6. The van der Waals surface area contributed by atoms with E-state index in [0.29, 0.717) is 18.3 Å². The highest BCUT2D eigenvalue weighted by molar-refractivity contribution is 5.53. The van der Waals surface area contributed by atoms with E-state index in [1.54, 1.807) is 6.92 Å². The van der Waals surface area contributed by atoms with Crippen LogP contribution in [0.1, 0.15) is 24.7 Å². The minimum Gasteiger partial charge on any atom is -0.393 e. The van der Waals surface area contributed by atoms with Gasteiger partial charge in [-0.3, -0.25) is 4.90 Å². The normalized spacial score (nSPS) is 12.8. The fourth-order valence-electron chi connectivity index (χ4n) is 1.94. The number of nitrogens with zero attached hydrogens (tertiary/aromatic N) is 3. The van der Waals surface area contributed by atoms with Crippen LogP contribution in [0.3, 0.4) is 0 Å². The van der Waals surface area contributed by atoms with Crippen LogP contribution in [0.25, 0.3) is 11.5 Å². The molecule has 0 aliphatic rings. The van der Waals surface area contributed by atoms with E-state index in [4.69, 9.17) is 4.52 Å². The summed E-state index contributed by atoms with van der Waals surface area (Å²) >= 11 is 0. The van der Waals surface area contributed by atoms with E-state index in [1.807, 2.05) is 38.2 Å². The van der Waals surface area contributed by atoms with Crippen LogP contribution in [0.5, 0.6) is 0 Å². The zero-order chi connectivity index (χ0) is 14.5. The standard InChI is InChI=1S/C15H21N3O2/c1-11-5-4-6-13(9-11)15-16-14(17-20-15)10-18(3)8-7-12(2)19/h4-6,9,12,19H,7-8,10H2,1-3H3. The summed E-state index contributed by atoms with van der Waals surface area (Å²) in [6.07, 6.45) is 0.449. The Balaban J connectivity index is 1.99. The first-order chi connectivity index (χ1) is 9.54. The van der Waals surface area contributed by atoms with Crippen LogP contribution in [0.2, 0.25) is 0 Å². The predicted octanol–water partition coefficient (Wildman–Crippen LogP) is 2.25. The molecule has 0 aliphatic carbocycles. The molecule has 0 saturated carbocycles. The molecule has 0 spiro atoms. The van der Waals surface area contributed by atoms with Crippen LogP contribution < -0.4 is 0 Å². The number of aliphatic hydroxyl groups is 1. The van der Waals surface area contributed by atoms with E-state index in [0.717, 1.165) is 24.1 Å². The molecule has 0 amide bonds. The van der Waals surface area contributed by atoms with Crippen LogP contribution in [-0.4, -0.2) is 39.8 Å². The van der Waals surface area contributed by atoms with Crippen molar-refractivity contribution in [1.82, 2.24) is 15.0 Å². The Kier molecular flexibility index (Phi) is 4.87. The smallest absolute Gasteiger partial charge is 0.257 e. The van der Waals surface area contributed by atoms with Gasteiger partial charge in [-0.05, 0) is 39.4 Å². The van der Waals surface area contributed by atoms with Gasteiger partial charge in [0.2, 0.25) is 0 Å². The molecule has 0 saturated heterocycles. The minimum absolute atomic E-state index is 0.287. The zero-order valence-electron chi connectivity index (χ0n) is 12.2. The van der Waals surface area contributed by atoms with Crippen molar-refractivity contribution >= 4 is 0 Å².